The fraction of sp³-hybridized carbons (Fsp3) is 0.600. The zero-order chi connectivity index (χ0) is 13.7. The Balaban J connectivity index is 2.08. The van der Waals surface area contributed by atoms with Crippen LogP contribution in [-0.4, -0.2) is 44.0 Å². The van der Waals surface area contributed by atoms with Crippen LogP contribution in [0.4, 0.5) is 0 Å². The van der Waals surface area contributed by atoms with E-state index in [0.717, 1.165) is 26.1 Å². The molecule has 0 amide bonds. The van der Waals surface area contributed by atoms with Gasteiger partial charge in [-0.2, -0.15) is 0 Å². The molecule has 106 valence electrons. The molecule has 0 saturated carbocycles. The van der Waals surface area contributed by atoms with Gasteiger partial charge in [0.05, 0.1) is 0 Å². The first-order valence-corrected chi connectivity index (χ1v) is 8.12. The number of likely N-dealkylation sites (N-methyl/N-ethyl adjacent to an activating group) is 1. The van der Waals surface area contributed by atoms with Crippen molar-refractivity contribution in [3.63, 3.8) is 0 Å². The van der Waals surface area contributed by atoms with Crippen LogP contribution in [0, 0.1) is 0 Å². The number of rotatable bonds is 5. The van der Waals surface area contributed by atoms with Gasteiger partial charge < -0.3 is 10.5 Å². The van der Waals surface area contributed by atoms with Crippen LogP contribution in [0.1, 0.15) is 24.4 Å². The van der Waals surface area contributed by atoms with Gasteiger partial charge in [0.1, 0.15) is 0 Å². The lowest BCUT2D eigenvalue weighted by Gasteiger charge is -2.37. The minimum absolute atomic E-state index is 0.305. The van der Waals surface area contributed by atoms with E-state index >= 15 is 0 Å². The van der Waals surface area contributed by atoms with E-state index in [2.05, 4.69) is 42.5 Å². The standard InChI is InChI=1S/C15H24N2OS/c1-17(13-7-9-18-10-8-13)15(11-16)12-3-5-14(19-2)6-4-12/h3-6,13,15H,7-11,16H2,1-2H3. The van der Waals surface area contributed by atoms with Crippen LogP contribution < -0.4 is 5.73 Å². The maximum absolute atomic E-state index is 6.00. The summed E-state index contributed by atoms with van der Waals surface area (Å²) in [4.78, 5) is 3.73. The van der Waals surface area contributed by atoms with Crippen molar-refractivity contribution in [2.75, 3.05) is 33.1 Å². The minimum atomic E-state index is 0.305. The van der Waals surface area contributed by atoms with Crippen molar-refractivity contribution in [1.82, 2.24) is 4.90 Å². The molecule has 1 unspecified atom stereocenters. The van der Waals surface area contributed by atoms with Crippen LogP contribution >= 0.6 is 11.8 Å². The predicted molar refractivity (Wildman–Crippen MR) is 81.6 cm³/mol. The largest absolute Gasteiger partial charge is 0.381 e. The van der Waals surface area contributed by atoms with Crippen molar-refractivity contribution in [1.29, 1.82) is 0 Å². The molecule has 2 N–H and O–H groups in total. The Bertz CT molecular complexity index is 376. The van der Waals surface area contributed by atoms with Crippen molar-refractivity contribution < 1.29 is 4.74 Å². The molecule has 1 aliphatic heterocycles. The lowest BCUT2D eigenvalue weighted by atomic mass is 10.0. The number of nitrogens with zero attached hydrogens (tertiary/aromatic N) is 1. The van der Waals surface area contributed by atoms with Gasteiger partial charge in [-0.05, 0) is 43.8 Å². The molecule has 1 aromatic carbocycles. The molecule has 1 fully saturated rings. The van der Waals surface area contributed by atoms with Crippen molar-refractivity contribution in [2.24, 2.45) is 5.73 Å². The third-order valence-electron chi connectivity index (χ3n) is 3.98. The monoisotopic (exact) mass is 280 g/mol. The van der Waals surface area contributed by atoms with Crippen molar-refractivity contribution in [2.45, 2.75) is 29.8 Å². The number of hydrogen-bond acceptors (Lipinski definition) is 4. The van der Waals surface area contributed by atoms with E-state index in [1.807, 2.05) is 0 Å². The minimum Gasteiger partial charge on any atom is -0.381 e. The van der Waals surface area contributed by atoms with Crippen LogP contribution in [0.3, 0.4) is 0 Å². The molecule has 1 saturated heterocycles. The second-order valence-electron chi connectivity index (χ2n) is 5.03. The van der Waals surface area contributed by atoms with Gasteiger partial charge >= 0.3 is 0 Å². The predicted octanol–water partition coefficient (Wildman–Crippen LogP) is 2.52. The first kappa shape index (κ1) is 14.9. The van der Waals surface area contributed by atoms with Crippen LogP contribution in [0.15, 0.2) is 29.2 Å². The second-order valence-corrected chi connectivity index (χ2v) is 5.91. The molecule has 19 heavy (non-hydrogen) atoms. The molecular formula is C15H24N2OS. The van der Waals surface area contributed by atoms with E-state index in [9.17, 15) is 0 Å². The van der Waals surface area contributed by atoms with Gasteiger partial charge in [-0.15, -0.1) is 11.8 Å². The molecule has 1 aliphatic rings. The lowest BCUT2D eigenvalue weighted by molar-refractivity contribution is 0.0294. The van der Waals surface area contributed by atoms with Gasteiger partial charge in [0, 0.05) is 36.7 Å². The summed E-state index contributed by atoms with van der Waals surface area (Å²) < 4.78 is 5.44. The summed E-state index contributed by atoms with van der Waals surface area (Å²) in [6.07, 6.45) is 4.31. The number of hydrogen-bond donors (Lipinski definition) is 1. The van der Waals surface area contributed by atoms with Crippen molar-refractivity contribution in [3.8, 4) is 0 Å². The third-order valence-corrected chi connectivity index (χ3v) is 4.73. The van der Waals surface area contributed by atoms with Gasteiger partial charge in [-0.3, -0.25) is 4.90 Å². The zero-order valence-electron chi connectivity index (χ0n) is 11.8. The molecular weight excluding hydrogens is 256 g/mol. The molecule has 0 aliphatic carbocycles. The zero-order valence-corrected chi connectivity index (χ0v) is 12.7. The molecule has 0 aromatic heterocycles. The maximum atomic E-state index is 6.00. The topological polar surface area (TPSA) is 38.5 Å². The molecule has 0 radical (unpaired) electrons. The number of thioether (sulfide) groups is 1. The van der Waals surface area contributed by atoms with E-state index in [-0.39, 0.29) is 0 Å². The smallest absolute Gasteiger partial charge is 0.0480 e. The fourth-order valence-corrected chi connectivity index (χ4v) is 3.12. The van der Waals surface area contributed by atoms with Gasteiger partial charge in [0.15, 0.2) is 0 Å². The quantitative estimate of drug-likeness (QED) is 0.841. The Morgan fingerprint density at radius 2 is 1.95 bits per heavy atom. The maximum Gasteiger partial charge on any atom is 0.0480 e. The van der Waals surface area contributed by atoms with Gasteiger partial charge in [0.25, 0.3) is 0 Å². The summed E-state index contributed by atoms with van der Waals surface area (Å²) >= 11 is 1.77. The highest BCUT2D eigenvalue weighted by Gasteiger charge is 2.24. The van der Waals surface area contributed by atoms with E-state index in [0.29, 0.717) is 18.6 Å². The van der Waals surface area contributed by atoms with Crippen LogP contribution in [0.5, 0.6) is 0 Å². The molecule has 0 bridgehead atoms. The van der Waals surface area contributed by atoms with Gasteiger partial charge in [-0.25, -0.2) is 0 Å². The average Bonchev–Trinajstić information content (AvgIpc) is 2.49. The highest BCUT2D eigenvalue weighted by Crippen LogP contribution is 2.26. The SMILES string of the molecule is CSc1ccc(C(CN)N(C)C2CCOCC2)cc1. The lowest BCUT2D eigenvalue weighted by Crippen LogP contribution is -2.41. The summed E-state index contributed by atoms with van der Waals surface area (Å²) in [6.45, 7) is 2.40. The molecule has 1 atom stereocenters. The Morgan fingerprint density at radius 3 is 2.47 bits per heavy atom. The second kappa shape index (κ2) is 7.29. The molecule has 1 aromatic rings. The Kier molecular flexibility index (Phi) is 5.70. The van der Waals surface area contributed by atoms with Gasteiger partial charge in [-0.1, -0.05) is 12.1 Å². The van der Waals surface area contributed by atoms with E-state index in [1.165, 1.54) is 10.5 Å². The molecule has 1 heterocycles. The fourth-order valence-electron chi connectivity index (χ4n) is 2.71. The van der Waals surface area contributed by atoms with Crippen LogP contribution in [0.25, 0.3) is 0 Å². The van der Waals surface area contributed by atoms with Crippen LogP contribution in [-0.2, 0) is 4.74 Å². The van der Waals surface area contributed by atoms with Crippen molar-refractivity contribution in [3.05, 3.63) is 29.8 Å². The molecule has 4 heteroatoms. The molecule has 0 spiro atoms. The summed E-state index contributed by atoms with van der Waals surface area (Å²) in [5, 5.41) is 0. The number of ether oxygens (including phenoxy) is 1. The highest BCUT2D eigenvalue weighted by atomic mass is 32.2. The van der Waals surface area contributed by atoms with Crippen LogP contribution in [0.2, 0.25) is 0 Å². The van der Waals surface area contributed by atoms with Gasteiger partial charge in [0.2, 0.25) is 0 Å². The van der Waals surface area contributed by atoms with Crippen molar-refractivity contribution >= 4 is 11.8 Å². The molecule has 2 rings (SSSR count). The van der Waals surface area contributed by atoms with E-state index < -0.39 is 0 Å². The first-order valence-electron chi connectivity index (χ1n) is 6.90. The Morgan fingerprint density at radius 1 is 1.32 bits per heavy atom. The van der Waals surface area contributed by atoms with E-state index in [4.69, 9.17) is 10.5 Å². The summed E-state index contributed by atoms with van der Waals surface area (Å²) in [5.74, 6) is 0. The van der Waals surface area contributed by atoms with E-state index in [1.54, 1.807) is 11.8 Å². The number of nitrogens with two attached hydrogens (primary N) is 1. The summed E-state index contributed by atoms with van der Waals surface area (Å²) in [5.41, 5.74) is 7.32. The normalized spacial score (nSPS) is 18.7. The first-order chi connectivity index (χ1) is 9.26. The summed E-state index contributed by atoms with van der Waals surface area (Å²) in [7, 11) is 2.19. The average molecular weight is 280 g/mol. The number of benzene rings is 1. The third kappa shape index (κ3) is 3.72. The molecule has 3 nitrogen and oxygen atoms in total. The Labute approximate surface area is 120 Å². The summed E-state index contributed by atoms with van der Waals surface area (Å²) in [6, 6.07) is 9.67. The highest BCUT2D eigenvalue weighted by molar-refractivity contribution is 7.98. The Hall–Kier alpha value is -0.550.